The summed E-state index contributed by atoms with van der Waals surface area (Å²) in [6.45, 7) is 0.191. The maximum Gasteiger partial charge on any atom is 0.264 e. The quantitative estimate of drug-likeness (QED) is 0.542. The lowest BCUT2D eigenvalue weighted by Crippen LogP contribution is -2.32. The largest absolute Gasteiger partial charge is 0.497 e. The molecule has 0 aromatic heterocycles. The Morgan fingerprint density at radius 2 is 1.60 bits per heavy atom. The molecule has 0 aliphatic rings. The van der Waals surface area contributed by atoms with Crippen LogP contribution in [0.1, 0.15) is 24.5 Å². The summed E-state index contributed by atoms with van der Waals surface area (Å²) >= 11 is 0. The molecule has 0 heterocycles. The number of methoxy groups -OCH3 is 1. The van der Waals surface area contributed by atoms with Crippen molar-refractivity contribution in [2.24, 2.45) is 0 Å². The van der Waals surface area contributed by atoms with Gasteiger partial charge in [-0.3, -0.25) is 4.31 Å². The SMILES string of the molecule is COc1ccc(S(=O)(=O)N(CCCC(O)c2ccc(F)cc2)c2ccccc2)cc1. The molecule has 0 aliphatic heterocycles. The number of para-hydroxylation sites is 1. The first-order valence-corrected chi connectivity index (χ1v) is 11.0. The minimum atomic E-state index is -3.80. The molecule has 0 aliphatic carbocycles. The summed E-state index contributed by atoms with van der Waals surface area (Å²) in [5, 5.41) is 10.4. The molecule has 1 N–H and O–H groups in total. The Kier molecular flexibility index (Phi) is 7.07. The molecular weight excluding hydrogens is 405 g/mol. The topological polar surface area (TPSA) is 66.8 Å². The van der Waals surface area contributed by atoms with E-state index >= 15 is 0 Å². The Hall–Kier alpha value is -2.90. The van der Waals surface area contributed by atoms with Gasteiger partial charge in [-0.05, 0) is 66.9 Å². The number of anilines is 1. The van der Waals surface area contributed by atoms with Crippen LogP contribution in [0.3, 0.4) is 0 Å². The van der Waals surface area contributed by atoms with E-state index in [9.17, 15) is 17.9 Å². The molecule has 1 atom stereocenters. The zero-order valence-electron chi connectivity index (χ0n) is 16.6. The van der Waals surface area contributed by atoms with Gasteiger partial charge in [-0.25, -0.2) is 12.8 Å². The lowest BCUT2D eigenvalue weighted by molar-refractivity contribution is 0.165. The maximum atomic E-state index is 13.3. The Bertz CT molecular complexity index is 1040. The van der Waals surface area contributed by atoms with Crippen LogP contribution in [0.25, 0.3) is 0 Å². The molecule has 0 fully saturated rings. The molecule has 3 rings (SSSR count). The summed E-state index contributed by atoms with van der Waals surface area (Å²) in [5.74, 6) is 0.203. The van der Waals surface area contributed by atoms with E-state index in [1.807, 2.05) is 6.07 Å². The van der Waals surface area contributed by atoms with Gasteiger partial charge in [-0.2, -0.15) is 0 Å². The van der Waals surface area contributed by atoms with Crippen LogP contribution in [0, 0.1) is 5.82 Å². The fraction of sp³-hybridized carbons (Fsp3) is 0.217. The second kappa shape index (κ2) is 9.73. The Labute approximate surface area is 176 Å². The molecule has 0 saturated heterocycles. The van der Waals surface area contributed by atoms with Gasteiger partial charge in [0.1, 0.15) is 11.6 Å². The third-order valence-corrected chi connectivity index (χ3v) is 6.63. The van der Waals surface area contributed by atoms with Gasteiger partial charge in [-0.15, -0.1) is 0 Å². The Morgan fingerprint density at radius 3 is 2.20 bits per heavy atom. The molecule has 3 aromatic rings. The average Bonchev–Trinajstić information content (AvgIpc) is 2.77. The molecule has 0 spiro atoms. The molecule has 158 valence electrons. The minimum Gasteiger partial charge on any atom is -0.497 e. The smallest absolute Gasteiger partial charge is 0.264 e. The van der Waals surface area contributed by atoms with Crippen LogP contribution in [0.5, 0.6) is 5.75 Å². The number of benzene rings is 3. The van der Waals surface area contributed by atoms with E-state index in [0.717, 1.165) is 0 Å². The second-order valence-electron chi connectivity index (χ2n) is 6.80. The summed E-state index contributed by atoms with van der Waals surface area (Å²) in [6.07, 6.45) is -0.0393. The fourth-order valence-electron chi connectivity index (χ4n) is 3.14. The highest BCUT2D eigenvalue weighted by molar-refractivity contribution is 7.92. The standard InChI is InChI=1S/C23H24FNO4S/c1-29-21-13-15-22(16-14-21)30(27,28)25(20-6-3-2-4-7-20)17-5-8-23(26)18-9-11-19(24)12-10-18/h2-4,6-7,9-16,23,26H,5,8,17H2,1H3. The highest BCUT2D eigenvalue weighted by atomic mass is 32.2. The predicted octanol–water partition coefficient (Wildman–Crippen LogP) is 4.54. The monoisotopic (exact) mass is 429 g/mol. The lowest BCUT2D eigenvalue weighted by atomic mass is 10.0. The van der Waals surface area contributed by atoms with E-state index in [1.54, 1.807) is 36.4 Å². The first kappa shape index (κ1) is 21.8. The van der Waals surface area contributed by atoms with Crippen molar-refractivity contribution in [1.82, 2.24) is 0 Å². The number of sulfonamides is 1. The van der Waals surface area contributed by atoms with E-state index in [-0.39, 0.29) is 17.3 Å². The Balaban J connectivity index is 1.78. The van der Waals surface area contributed by atoms with Gasteiger partial charge >= 0.3 is 0 Å². The molecule has 1 unspecified atom stereocenters. The van der Waals surface area contributed by atoms with Crippen LogP contribution < -0.4 is 9.04 Å². The van der Waals surface area contributed by atoms with E-state index < -0.39 is 16.1 Å². The molecule has 0 amide bonds. The molecule has 3 aromatic carbocycles. The molecule has 0 saturated carbocycles. The van der Waals surface area contributed by atoms with Crippen molar-refractivity contribution in [2.75, 3.05) is 18.0 Å². The van der Waals surface area contributed by atoms with Crippen LogP contribution in [-0.4, -0.2) is 27.2 Å². The van der Waals surface area contributed by atoms with Gasteiger partial charge in [0.15, 0.2) is 0 Å². The summed E-state index contributed by atoms with van der Waals surface area (Å²) in [4.78, 5) is 0.159. The summed E-state index contributed by atoms with van der Waals surface area (Å²) in [7, 11) is -2.28. The minimum absolute atomic E-state index is 0.159. The molecule has 0 bridgehead atoms. The van der Waals surface area contributed by atoms with E-state index in [0.29, 0.717) is 29.8 Å². The van der Waals surface area contributed by atoms with Crippen LogP contribution in [-0.2, 0) is 10.0 Å². The number of hydrogen-bond donors (Lipinski definition) is 1. The van der Waals surface area contributed by atoms with Crippen LogP contribution in [0.2, 0.25) is 0 Å². The zero-order valence-corrected chi connectivity index (χ0v) is 17.4. The third kappa shape index (κ3) is 5.17. The number of hydrogen-bond acceptors (Lipinski definition) is 4. The van der Waals surface area contributed by atoms with E-state index in [1.165, 1.54) is 47.8 Å². The van der Waals surface area contributed by atoms with Crippen molar-refractivity contribution in [3.05, 3.63) is 90.2 Å². The van der Waals surface area contributed by atoms with Gasteiger partial charge in [-0.1, -0.05) is 30.3 Å². The maximum absolute atomic E-state index is 13.3. The zero-order chi connectivity index (χ0) is 21.6. The normalized spacial score (nSPS) is 12.4. The molecular formula is C23H24FNO4S. The first-order chi connectivity index (χ1) is 14.4. The fourth-order valence-corrected chi connectivity index (χ4v) is 4.64. The van der Waals surface area contributed by atoms with Crippen LogP contribution in [0.15, 0.2) is 83.8 Å². The van der Waals surface area contributed by atoms with E-state index in [2.05, 4.69) is 0 Å². The van der Waals surface area contributed by atoms with Crippen molar-refractivity contribution in [2.45, 2.75) is 23.8 Å². The number of halogens is 1. The number of ether oxygens (including phenoxy) is 1. The van der Waals surface area contributed by atoms with Gasteiger partial charge < -0.3 is 9.84 Å². The molecule has 0 radical (unpaired) electrons. The van der Waals surface area contributed by atoms with Gasteiger partial charge in [0.2, 0.25) is 0 Å². The second-order valence-corrected chi connectivity index (χ2v) is 8.66. The van der Waals surface area contributed by atoms with Crippen LogP contribution in [0.4, 0.5) is 10.1 Å². The lowest BCUT2D eigenvalue weighted by Gasteiger charge is -2.25. The first-order valence-electron chi connectivity index (χ1n) is 9.57. The summed E-state index contributed by atoms with van der Waals surface area (Å²) in [5.41, 5.74) is 1.14. The van der Waals surface area contributed by atoms with Gasteiger partial charge in [0, 0.05) is 6.54 Å². The highest BCUT2D eigenvalue weighted by Gasteiger charge is 2.25. The number of aliphatic hydroxyl groups excluding tert-OH is 1. The van der Waals surface area contributed by atoms with Crippen molar-refractivity contribution < 1.29 is 22.7 Å². The third-order valence-electron chi connectivity index (χ3n) is 4.79. The number of rotatable bonds is 9. The molecule has 7 heteroatoms. The van der Waals surface area contributed by atoms with E-state index in [4.69, 9.17) is 4.74 Å². The molecule has 30 heavy (non-hydrogen) atoms. The number of nitrogens with zero attached hydrogens (tertiary/aromatic N) is 1. The number of aliphatic hydroxyl groups is 1. The summed E-state index contributed by atoms with van der Waals surface area (Å²) in [6, 6.07) is 20.7. The highest BCUT2D eigenvalue weighted by Crippen LogP contribution is 2.27. The van der Waals surface area contributed by atoms with Gasteiger partial charge in [0.25, 0.3) is 10.0 Å². The van der Waals surface area contributed by atoms with Crippen molar-refractivity contribution in [3.8, 4) is 5.75 Å². The summed E-state index contributed by atoms with van der Waals surface area (Å²) < 4.78 is 46.1. The van der Waals surface area contributed by atoms with Crippen molar-refractivity contribution in [1.29, 1.82) is 0 Å². The Morgan fingerprint density at radius 1 is 0.967 bits per heavy atom. The van der Waals surface area contributed by atoms with Crippen molar-refractivity contribution >= 4 is 15.7 Å². The molecule has 5 nitrogen and oxygen atoms in total. The van der Waals surface area contributed by atoms with Gasteiger partial charge in [0.05, 0.1) is 23.8 Å². The average molecular weight is 430 g/mol. The van der Waals surface area contributed by atoms with Crippen LogP contribution >= 0.6 is 0 Å². The van der Waals surface area contributed by atoms with Crippen molar-refractivity contribution in [3.63, 3.8) is 0 Å². The predicted molar refractivity (Wildman–Crippen MR) is 115 cm³/mol.